The van der Waals surface area contributed by atoms with Crippen LogP contribution in [-0.4, -0.2) is 8.56 Å². The van der Waals surface area contributed by atoms with Gasteiger partial charge in [-0.1, -0.05) is 61.6 Å². The lowest BCUT2D eigenvalue weighted by Crippen LogP contribution is -2.20. The Morgan fingerprint density at radius 3 is 1.75 bits per heavy atom. The molecule has 0 saturated heterocycles. The van der Waals surface area contributed by atoms with Crippen LogP contribution in [0.2, 0.25) is 0 Å². The normalized spacial score (nSPS) is 12.8. The van der Waals surface area contributed by atoms with E-state index in [0.717, 1.165) is 5.33 Å². The van der Waals surface area contributed by atoms with E-state index in [2.05, 4.69) is 61.6 Å². The molecule has 0 nitrogen and oxygen atoms in total. The minimum Gasteiger partial charge on any atom is -0.0903 e. The molecule has 0 spiro atoms. The van der Waals surface area contributed by atoms with Gasteiger partial charge in [0.05, 0.1) is 3.23 Å². The summed E-state index contributed by atoms with van der Waals surface area (Å²) in [7, 11) is 0. The third kappa shape index (κ3) is 2.83. The molecule has 0 aromatic heterocycles. The predicted octanol–water partition coefficient (Wildman–Crippen LogP) is 3.52. The molecule has 3 heteroatoms. The fraction of sp³-hybridized carbons (Fsp3) is 1.00. The Bertz CT molecular complexity index is 68.1. The molecule has 50 valence electrons. The number of hydrogen-bond acceptors (Lipinski definition) is 0. The van der Waals surface area contributed by atoms with Gasteiger partial charge < -0.3 is 0 Å². The van der Waals surface area contributed by atoms with Crippen LogP contribution in [0, 0.1) is 5.92 Å². The minimum atomic E-state index is 0.0833. The summed E-state index contributed by atoms with van der Waals surface area (Å²) in [5.74, 6) is 0.599. The van der Waals surface area contributed by atoms with Crippen molar-refractivity contribution < 1.29 is 0 Å². The lowest BCUT2D eigenvalue weighted by molar-refractivity contribution is 0.631. The van der Waals surface area contributed by atoms with Gasteiger partial charge in [-0.25, -0.2) is 0 Å². The van der Waals surface area contributed by atoms with Crippen LogP contribution in [0.5, 0.6) is 0 Å². The van der Waals surface area contributed by atoms with Gasteiger partial charge in [-0.3, -0.25) is 0 Å². The molecule has 0 N–H and O–H groups in total. The van der Waals surface area contributed by atoms with Crippen molar-refractivity contribution in [1.82, 2.24) is 0 Å². The molecule has 0 unspecified atom stereocenters. The average molecular weight is 309 g/mol. The van der Waals surface area contributed by atoms with E-state index in [9.17, 15) is 0 Å². The van der Waals surface area contributed by atoms with E-state index in [1.165, 1.54) is 0 Å². The Hall–Kier alpha value is 1.44. The first-order chi connectivity index (χ1) is 3.50. The monoisotopic (exact) mass is 306 g/mol. The Kier molecular flexibility index (Phi) is 4.21. The van der Waals surface area contributed by atoms with Crippen molar-refractivity contribution >= 4 is 47.8 Å². The van der Waals surface area contributed by atoms with Gasteiger partial charge in [0.2, 0.25) is 0 Å². The summed E-state index contributed by atoms with van der Waals surface area (Å²) in [6, 6.07) is 0. The molecular weight excluding hydrogens is 300 g/mol. The van der Waals surface area contributed by atoms with Crippen LogP contribution in [-0.2, 0) is 0 Å². The molecule has 0 amide bonds. The van der Waals surface area contributed by atoms with Gasteiger partial charge in [-0.05, 0) is 5.92 Å². The molecule has 0 aromatic carbocycles. The van der Waals surface area contributed by atoms with Gasteiger partial charge in [-0.2, -0.15) is 0 Å². The number of alkyl halides is 3. The summed E-state index contributed by atoms with van der Waals surface area (Å²) < 4.78 is 0.0833. The Morgan fingerprint density at radius 2 is 1.75 bits per heavy atom. The molecule has 0 radical (unpaired) electrons. The third-order valence-electron chi connectivity index (χ3n) is 1.02. The van der Waals surface area contributed by atoms with E-state index < -0.39 is 0 Å². The quantitative estimate of drug-likeness (QED) is 0.685. The highest BCUT2D eigenvalue weighted by atomic mass is 79.9. The third-order valence-corrected chi connectivity index (χ3v) is 5.80. The average Bonchev–Trinajstić information content (AvgIpc) is 1.67. The lowest BCUT2D eigenvalue weighted by atomic mass is 10.2. The van der Waals surface area contributed by atoms with Crippen LogP contribution in [0.15, 0.2) is 0 Å². The summed E-state index contributed by atoms with van der Waals surface area (Å²) in [4.78, 5) is 0. The van der Waals surface area contributed by atoms with Crippen LogP contribution >= 0.6 is 47.8 Å². The van der Waals surface area contributed by atoms with E-state index in [1.54, 1.807) is 0 Å². The van der Waals surface area contributed by atoms with Gasteiger partial charge in [0.1, 0.15) is 0 Å². The van der Waals surface area contributed by atoms with Crippen LogP contribution in [0.3, 0.4) is 0 Å². The highest BCUT2D eigenvalue weighted by Crippen LogP contribution is 2.35. The van der Waals surface area contributed by atoms with Gasteiger partial charge in [-0.15, -0.1) is 0 Å². The highest BCUT2D eigenvalue weighted by Gasteiger charge is 2.24. The zero-order chi connectivity index (χ0) is 6.78. The molecule has 8 heavy (non-hydrogen) atoms. The summed E-state index contributed by atoms with van der Waals surface area (Å²) in [6.07, 6.45) is 0. The molecule has 0 aliphatic rings. The van der Waals surface area contributed by atoms with Crippen molar-refractivity contribution in [2.75, 3.05) is 5.33 Å². The van der Waals surface area contributed by atoms with Gasteiger partial charge in [0.25, 0.3) is 0 Å². The van der Waals surface area contributed by atoms with Crippen LogP contribution in [0.25, 0.3) is 0 Å². The second-order valence-electron chi connectivity index (χ2n) is 2.05. The molecule has 0 aromatic rings. The highest BCUT2D eigenvalue weighted by molar-refractivity contribution is 9.26. The van der Waals surface area contributed by atoms with Crippen molar-refractivity contribution in [3.8, 4) is 0 Å². The van der Waals surface area contributed by atoms with Crippen molar-refractivity contribution in [3.05, 3.63) is 0 Å². The fourth-order valence-corrected chi connectivity index (χ4v) is 0.802. The first kappa shape index (κ1) is 9.44. The van der Waals surface area contributed by atoms with Crippen LogP contribution in [0.4, 0.5) is 0 Å². The summed E-state index contributed by atoms with van der Waals surface area (Å²) in [5.41, 5.74) is 0. The van der Waals surface area contributed by atoms with E-state index in [0.29, 0.717) is 5.92 Å². The van der Waals surface area contributed by atoms with Crippen molar-refractivity contribution in [3.63, 3.8) is 0 Å². The Labute approximate surface area is 75.8 Å². The van der Waals surface area contributed by atoms with Crippen LogP contribution in [0.1, 0.15) is 13.8 Å². The van der Waals surface area contributed by atoms with Gasteiger partial charge in [0.15, 0.2) is 0 Å². The zero-order valence-electron chi connectivity index (χ0n) is 4.92. The Balaban J connectivity index is 3.71. The topological polar surface area (TPSA) is 0 Å². The standard InChI is InChI=1S/C5H9Br3/c1-4(2)5(7,8)3-6/h4H,3H2,1-2H3. The minimum absolute atomic E-state index is 0.0833. The number of hydrogen-bond donors (Lipinski definition) is 0. The second-order valence-corrected chi connectivity index (χ2v) is 6.50. The van der Waals surface area contributed by atoms with E-state index in [1.807, 2.05) is 0 Å². The maximum atomic E-state index is 3.52. The summed E-state index contributed by atoms with van der Waals surface area (Å²) in [6.45, 7) is 4.32. The summed E-state index contributed by atoms with van der Waals surface area (Å²) >= 11 is 10.4. The lowest BCUT2D eigenvalue weighted by Gasteiger charge is -2.21. The van der Waals surface area contributed by atoms with Crippen LogP contribution < -0.4 is 0 Å². The molecule has 0 saturated carbocycles. The van der Waals surface area contributed by atoms with Crippen molar-refractivity contribution in [1.29, 1.82) is 0 Å². The molecule has 0 aliphatic carbocycles. The van der Waals surface area contributed by atoms with Gasteiger partial charge in [0, 0.05) is 5.33 Å². The first-order valence-corrected chi connectivity index (χ1v) is 5.15. The van der Waals surface area contributed by atoms with Crippen molar-refractivity contribution in [2.45, 2.75) is 17.1 Å². The molecule has 0 fully saturated rings. The fourth-order valence-electron chi connectivity index (χ4n) is 0.154. The predicted molar refractivity (Wildman–Crippen MR) is 49.2 cm³/mol. The number of halogens is 3. The zero-order valence-corrected chi connectivity index (χ0v) is 9.68. The first-order valence-electron chi connectivity index (χ1n) is 2.44. The molecule has 0 heterocycles. The second kappa shape index (κ2) is 3.57. The number of rotatable bonds is 2. The Morgan fingerprint density at radius 1 is 1.38 bits per heavy atom. The molecule has 0 bridgehead atoms. The molecule has 0 aliphatic heterocycles. The van der Waals surface area contributed by atoms with Gasteiger partial charge >= 0.3 is 0 Å². The largest absolute Gasteiger partial charge is 0.0924 e. The molecule has 0 atom stereocenters. The molecule has 0 rings (SSSR count). The van der Waals surface area contributed by atoms with Crippen molar-refractivity contribution in [2.24, 2.45) is 5.92 Å². The molecular formula is C5H9Br3. The van der Waals surface area contributed by atoms with E-state index >= 15 is 0 Å². The maximum absolute atomic E-state index is 3.52. The maximum Gasteiger partial charge on any atom is 0.0924 e. The smallest absolute Gasteiger partial charge is 0.0903 e. The van der Waals surface area contributed by atoms with E-state index in [-0.39, 0.29) is 3.23 Å². The summed E-state index contributed by atoms with van der Waals surface area (Å²) in [5, 5.41) is 0.928. The van der Waals surface area contributed by atoms with E-state index in [4.69, 9.17) is 0 Å². The SMILES string of the molecule is CC(C)C(Br)(Br)CBr.